The van der Waals surface area contributed by atoms with Crippen LogP contribution in [0.2, 0.25) is 0 Å². The number of carbonyl (C=O) groups excluding carboxylic acids is 1. The van der Waals surface area contributed by atoms with E-state index in [1.807, 2.05) is 0 Å². The van der Waals surface area contributed by atoms with Crippen LogP contribution in [-0.4, -0.2) is 54.9 Å². The molecule has 0 atom stereocenters. The minimum absolute atomic E-state index is 0.0900. The molecule has 0 aliphatic rings. The van der Waals surface area contributed by atoms with E-state index in [4.69, 9.17) is 9.47 Å². The monoisotopic (exact) mass is 421 g/mol. The van der Waals surface area contributed by atoms with Crippen molar-refractivity contribution >= 4 is 33.5 Å². The van der Waals surface area contributed by atoms with Crippen LogP contribution >= 0.6 is 11.3 Å². The SMILES string of the molecule is COc1nc(NC(=O)NS(=O)(=O)N=c2sccn2CCCF)nc(OC)n1. The fourth-order valence-electron chi connectivity index (χ4n) is 1.72. The molecule has 2 N–H and O–H groups in total. The number of halogens is 1. The highest BCUT2D eigenvalue weighted by atomic mass is 32.2. The predicted octanol–water partition coefficient (Wildman–Crippen LogP) is 0.0786. The molecule has 2 aromatic rings. The predicted molar refractivity (Wildman–Crippen MR) is 92.5 cm³/mol. The molecule has 0 bridgehead atoms. The van der Waals surface area contributed by atoms with E-state index in [1.165, 1.54) is 18.8 Å². The van der Waals surface area contributed by atoms with Crippen molar-refractivity contribution in [2.45, 2.75) is 13.0 Å². The average Bonchev–Trinajstić information content (AvgIpc) is 3.04. The first kappa shape index (κ1) is 20.5. The van der Waals surface area contributed by atoms with Crippen LogP contribution in [0.25, 0.3) is 0 Å². The maximum Gasteiger partial charge on any atom is 0.348 e. The van der Waals surface area contributed by atoms with Gasteiger partial charge in [0.15, 0.2) is 0 Å². The molecule has 0 aromatic carbocycles. The molecule has 0 saturated carbocycles. The molecule has 0 unspecified atom stereocenters. The number of nitrogens with one attached hydrogen (secondary N) is 2. The lowest BCUT2D eigenvalue weighted by atomic mass is 10.5. The van der Waals surface area contributed by atoms with Gasteiger partial charge in [-0.05, 0) is 6.42 Å². The third-order valence-corrected chi connectivity index (χ3v) is 4.56. The van der Waals surface area contributed by atoms with E-state index in [0.717, 1.165) is 11.3 Å². The number of urea groups is 1. The van der Waals surface area contributed by atoms with Gasteiger partial charge in [0, 0.05) is 18.1 Å². The zero-order chi connectivity index (χ0) is 19.9. The Morgan fingerprint density at radius 3 is 2.56 bits per heavy atom. The van der Waals surface area contributed by atoms with E-state index in [9.17, 15) is 17.6 Å². The van der Waals surface area contributed by atoms with Crippen molar-refractivity contribution in [2.75, 3.05) is 26.2 Å². The number of carbonyl (C=O) groups is 1. The summed E-state index contributed by atoms with van der Waals surface area (Å²) < 4.78 is 52.7. The Kier molecular flexibility index (Phi) is 7.00. The van der Waals surface area contributed by atoms with Gasteiger partial charge in [-0.15, -0.1) is 20.7 Å². The van der Waals surface area contributed by atoms with Crippen LogP contribution in [0.5, 0.6) is 12.0 Å². The lowest BCUT2D eigenvalue weighted by Gasteiger charge is -2.07. The Hall–Kier alpha value is -2.81. The molecule has 0 saturated heterocycles. The van der Waals surface area contributed by atoms with E-state index in [-0.39, 0.29) is 35.7 Å². The number of rotatable bonds is 8. The first-order valence-electron chi connectivity index (χ1n) is 7.30. The number of thiazole rings is 1. The molecule has 0 fully saturated rings. The average molecular weight is 421 g/mol. The van der Waals surface area contributed by atoms with Crippen molar-refractivity contribution in [1.29, 1.82) is 0 Å². The molecule has 148 valence electrons. The van der Waals surface area contributed by atoms with Crippen molar-refractivity contribution < 1.29 is 27.1 Å². The van der Waals surface area contributed by atoms with Gasteiger partial charge in [0.25, 0.3) is 0 Å². The molecular formula is C12H16FN7O5S2. The molecule has 0 spiro atoms. The van der Waals surface area contributed by atoms with Gasteiger partial charge >= 0.3 is 28.3 Å². The third kappa shape index (κ3) is 6.14. The normalized spacial score (nSPS) is 11.9. The fraction of sp³-hybridized carbons (Fsp3) is 0.417. The molecule has 2 heterocycles. The van der Waals surface area contributed by atoms with Crippen LogP contribution in [0.3, 0.4) is 0 Å². The third-order valence-electron chi connectivity index (χ3n) is 2.80. The van der Waals surface area contributed by atoms with Crippen molar-refractivity contribution in [1.82, 2.24) is 24.2 Å². The van der Waals surface area contributed by atoms with Gasteiger partial charge in [0.05, 0.1) is 20.9 Å². The van der Waals surface area contributed by atoms with Gasteiger partial charge < -0.3 is 14.0 Å². The largest absolute Gasteiger partial charge is 0.467 e. The highest BCUT2D eigenvalue weighted by Gasteiger charge is 2.16. The summed E-state index contributed by atoms with van der Waals surface area (Å²) in [5.41, 5.74) is 0. The Balaban J connectivity index is 2.13. The lowest BCUT2D eigenvalue weighted by Crippen LogP contribution is -2.35. The van der Waals surface area contributed by atoms with Crippen molar-refractivity contribution in [3.05, 3.63) is 16.4 Å². The molecule has 27 heavy (non-hydrogen) atoms. The Morgan fingerprint density at radius 2 is 1.96 bits per heavy atom. The molecule has 0 radical (unpaired) electrons. The summed E-state index contributed by atoms with van der Waals surface area (Å²) in [6.07, 6.45) is 1.78. The zero-order valence-electron chi connectivity index (χ0n) is 14.2. The van der Waals surface area contributed by atoms with Crippen LogP contribution in [-0.2, 0) is 16.8 Å². The summed E-state index contributed by atoms with van der Waals surface area (Å²) in [7, 11) is -1.79. The van der Waals surface area contributed by atoms with E-state index < -0.39 is 22.9 Å². The maximum absolute atomic E-state index is 12.3. The second-order valence-corrected chi connectivity index (χ2v) is 6.89. The van der Waals surface area contributed by atoms with Crippen molar-refractivity contribution in [2.24, 2.45) is 4.40 Å². The number of aromatic nitrogens is 4. The zero-order valence-corrected chi connectivity index (χ0v) is 15.9. The Labute approximate surface area is 157 Å². The molecule has 2 amide bonds. The summed E-state index contributed by atoms with van der Waals surface area (Å²) in [5, 5.41) is 3.70. The van der Waals surface area contributed by atoms with Gasteiger partial charge in [-0.2, -0.15) is 18.4 Å². The topological polar surface area (TPSA) is 150 Å². The van der Waals surface area contributed by atoms with E-state index in [0.29, 0.717) is 0 Å². The van der Waals surface area contributed by atoms with Crippen LogP contribution in [0.1, 0.15) is 6.42 Å². The number of alkyl halides is 1. The Bertz CT molecular complexity index is 937. The summed E-state index contributed by atoms with van der Waals surface area (Å²) in [6.45, 7) is -0.292. The van der Waals surface area contributed by atoms with Gasteiger partial charge in [-0.3, -0.25) is 9.71 Å². The lowest BCUT2D eigenvalue weighted by molar-refractivity contribution is 0.256. The van der Waals surface area contributed by atoms with Gasteiger partial charge in [-0.25, -0.2) is 9.52 Å². The second kappa shape index (κ2) is 9.22. The number of hydrogen-bond acceptors (Lipinski definition) is 9. The van der Waals surface area contributed by atoms with Crippen LogP contribution in [0.4, 0.5) is 15.1 Å². The second-order valence-electron chi connectivity index (χ2n) is 4.68. The number of methoxy groups -OCH3 is 2. The number of amides is 2. The number of aryl methyl sites for hydroxylation is 1. The highest BCUT2D eigenvalue weighted by molar-refractivity contribution is 7.88. The Morgan fingerprint density at radius 1 is 1.30 bits per heavy atom. The minimum atomic E-state index is -4.38. The summed E-state index contributed by atoms with van der Waals surface area (Å²) >= 11 is 1.02. The van der Waals surface area contributed by atoms with E-state index >= 15 is 0 Å². The van der Waals surface area contributed by atoms with Crippen molar-refractivity contribution in [3.63, 3.8) is 0 Å². The first-order valence-corrected chi connectivity index (χ1v) is 9.62. The highest BCUT2D eigenvalue weighted by Crippen LogP contribution is 2.11. The maximum atomic E-state index is 12.3. The summed E-state index contributed by atoms with van der Waals surface area (Å²) in [4.78, 5) is 23.2. The van der Waals surface area contributed by atoms with Gasteiger partial charge in [-0.1, -0.05) is 0 Å². The fourth-order valence-corrected chi connectivity index (χ4v) is 3.44. The summed E-state index contributed by atoms with van der Waals surface area (Å²) in [5.74, 6) is -0.291. The molecule has 12 nitrogen and oxygen atoms in total. The number of anilines is 1. The van der Waals surface area contributed by atoms with Crippen molar-refractivity contribution in [3.8, 4) is 12.0 Å². The number of ether oxygens (including phenoxy) is 2. The molecular weight excluding hydrogens is 405 g/mol. The van der Waals surface area contributed by atoms with Crippen LogP contribution in [0.15, 0.2) is 16.0 Å². The van der Waals surface area contributed by atoms with Crippen LogP contribution in [0, 0.1) is 0 Å². The van der Waals surface area contributed by atoms with Gasteiger partial charge in [0.2, 0.25) is 10.7 Å². The first-order chi connectivity index (χ1) is 12.9. The summed E-state index contributed by atoms with van der Waals surface area (Å²) in [6, 6.07) is -1.43. The number of nitrogens with zero attached hydrogens (tertiary/aromatic N) is 5. The van der Waals surface area contributed by atoms with E-state index in [1.54, 1.807) is 16.3 Å². The molecule has 2 aromatic heterocycles. The van der Waals surface area contributed by atoms with Gasteiger partial charge in [0.1, 0.15) is 0 Å². The minimum Gasteiger partial charge on any atom is -0.467 e. The molecule has 2 rings (SSSR count). The van der Waals surface area contributed by atoms with E-state index in [2.05, 4.69) is 24.7 Å². The standard InChI is InChI=1S/C12H16FN7O5S2/c1-24-10-15-8(16-11(17-10)25-2)14-9(21)18-27(22,23)19-12-20(5-3-4-13)6-7-26-12/h6-7H,3-5H2,1-2H3,(H2,14,15,16,17,18,21). The molecule has 15 heteroatoms. The number of hydrogen-bond donors (Lipinski definition) is 2. The molecule has 0 aliphatic carbocycles. The quantitative estimate of drug-likeness (QED) is 0.608. The van der Waals surface area contributed by atoms with Crippen LogP contribution < -0.4 is 24.3 Å². The molecule has 0 aliphatic heterocycles. The smallest absolute Gasteiger partial charge is 0.348 e.